The van der Waals surface area contributed by atoms with E-state index in [4.69, 9.17) is 4.74 Å². The highest BCUT2D eigenvalue weighted by molar-refractivity contribution is 6.05. The summed E-state index contributed by atoms with van der Waals surface area (Å²) in [5.41, 5.74) is 2.97. The fourth-order valence-corrected chi connectivity index (χ4v) is 2.90. The Morgan fingerprint density at radius 2 is 1.55 bits per heavy atom. The number of aryl methyl sites for hydroxylation is 1. The van der Waals surface area contributed by atoms with Crippen molar-refractivity contribution in [2.45, 2.75) is 6.92 Å². The molecule has 31 heavy (non-hydrogen) atoms. The molecule has 0 bridgehead atoms. The summed E-state index contributed by atoms with van der Waals surface area (Å²) in [4.78, 5) is 36.7. The second-order valence-corrected chi connectivity index (χ2v) is 6.83. The van der Waals surface area contributed by atoms with E-state index in [1.54, 1.807) is 60.7 Å². The Kier molecular flexibility index (Phi) is 7.01. The lowest BCUT2D eigenvalue weighted by Crippen LogP contribution is -2.32. The van der Waals surface area contributed by atoms with Crippen LogP contribution in [-0.2, 0) is 4.79 Å². The lowest BCUT2D eigenvalue weighted by Gasteiger charge is -2.10. The van der Waals surface area contributed by atoms with E-state index in [0.717, 1.165) is 5.56 Å². The number of ether oxygens (including phenoxy) is 1. The van der Waals surface area contributed by atoms with Crippen molar-refractivity contribution in [1.29, 1.82) is 0 Å². The van der Waals surface area contributed by atoms with E-state index in [1.165, 1.54) is 7.11 Å². The first-order valence-electron chi connectivity index (χ1n) is 9.65. The number of benzene rings is 3. The summed E-state index contributed by atoms with van der Waals surface area (Å²) in [6, 6.07) is 20.7. The van der Waals surface area contributed by atoms with E-state index in [-0.39, 0.29) is 24.3 Å². The Morgan fingerprint density at radius 1 is 0.806 bits per heavy atom. The smallest absolute Gasteiger partial charge is 0.255 e. The van der Waals surface area contributed by atoms with Gasteiger partial charge in [-0.2, -0.15) is 0 Å². The highest BCUT2D eigenvalue weighted by Crippen LogP contribution is 2.23. The van der Waals surface area contributed by atoms with Gasteiger partial charge in [0.2, 0.25) is 5.91 Å². The minimum atomic E-state index is -0.368. The molecule has 3 amide bonds. The van der Waals surface area contributed by atoms with Gasteiger partial charge >= 0.3 is 0 Å². The molecule has 0 saturated heterocycles. The lowest BCUT2D eigenvalue weighted by atomic mass is 10.1. The maximum Gasteiger partial charge on any atom is 0.255 e. The molecular formula is C24H23N3O4. The molecule has 0 aromatic heterocycles. The number of nitrogens with one attached hydrogen (secondary N) is 3. The Labute approximate surface area is 180 Å². The SMILES string of the molecule is COc1ccccc1NC(=O)c1ccc(NC(=O)CNC(=O)c2cccc(C)c2)cc1. The van der Waals surface area contributed by atoms with Gasteiger partial charge in [0.25, 0.3) is 11.8 Å². The largest absolute Gasteiger partial charge is 0.495 e. The summed E-state index contributed by atoms with van der Waals surface area (Å²) in [5.74, 6) is -0.422. The molecule has 0 unspecified atom stereocenters. The van der Waals surface area contributed by atoms with Gasteiger partial charge in [-0.05, 0) is 55.5 Å². The summed E-state index contributed by atoms with van der Waals surface area (Å²) in [7, 11) is 1.53. The zero-order valence-corrected chi connectivity index (χ0v) is 17.3. The highest BCUT2D eigenvalue weighted by atomic mass is 16.5. The van der Waals surface area contributed by atoms with Gasteiger partial charge in [0, 0.05) is 16.8 Å². The van der Waals surface area contributed by atoms with Crippen molar-refractivity contribution in [3.8, 4) is 5.75 Å². The molecule has 0 aliphatic heterocycles. The molecule has 0 radical (unpaired) electrons. The summed E-state index contributed by atoms with van der Waals surface area (Å²) in [6.07, 6.45) is 0. The fourth-order valence-electron chi connectivity index (χ4n) is 2.90. The molecule has 0 atom stereocenters. The topological polar surface area (TPSA) is 96.5 Å². The second kappa shape index (κ2) is 10.1. The number of hydrogen-bond acceptors (Lipinski definition) is 4. The number of para-hydroxylation sites is 2. The number of amides is 3. The molecule has 7 nitrogen and oxygen atoms in total. The Hall–Kier alpha value is -4.13. The van der Waals surface area contributed by atoms with Gasteiger partial charge < -0.3 is 20.7 Å². The van der Waals surface area contributed by atoms with Crippen molar-refractivity contribution >= 4 is 29.1 Å². The molecule has 0 saturated carbocycles. The molecule has 0 spiro atoms. The van der Waals surface area contributed by atoms with Crippen LogP contribution in [0.1, 0.15) is 26.3 Å². The van der Waals surface area contributed by atoms with Crippen molar-refractivity contribution in [2.75, 3.05) is 24.3 Å². The van der Waals surface area contributed by atoms with Gasteiger partial charge in [0.05, 0.1) is 19.3 Å². The van der Waals surface area contributed by atoms with E-state index in [0.29, 0.717) is 28.3 Å². The molecule has 0 aliphatic carbocycles. The summed E-state index contributed by atoms with van der Waals surface area (Å²) in [5, 5.41) is 8.07. The van der Waals surface area contributed by atoms with Crippen LogP contribution in [0.4, 0.5) is 11.4 Å². The van der Waals surface area contributed by atoms with Crippen LogP contribution in [0.25, 0.3) is 0 Å². The number of carbonyl (C=O) groups excluding carboxylic acids is 3. The number of rotatable bonds is 7. The summed E-state index contributed by atoms with van der Waals surface area (Å²) < 4.78 is 5.23. The average molecular weight is 417 g/mol. The van der Waals surface area contributed by atoms with Crippen LogP contribution >= 0.6 is 0 Å². The maximum atomic E-state index is 12.5. The molecule has 3 aromatic rings. The number of anilines is 2. The standard InChI is InChI=1S/C24H23N3O4/c1-16-6-5-7-18(14-16)23(29)25-15-22(28)26-19-12-10-17(11-13-19)24(30)27-20-8-3-4-9-21(20)31-2/h3-14H,15H2,1-2H3,(H,25,29)(H,26,28)(H,27,30). The van der Waals surface area contributed by atoms with E-state index in [1.807, 2.05) is 19.1 Å². The van der Waals surface area contributed by atoms with Crippen molar-refractivity contribution < 1.29 is 19.1 Å². The van der Waals surface area contributed by atoms with Crippen molar-refractivity contribution in [1.82, 2.24) is 5.32 Å². The molecule has 7 heteroatoms. The van der Waals surface area contributed by atoms with Crippen LogP contribution in [0.3, 0.4) is 0 Å². The first-order valence-corrected chi connectivity index (χ1v) is 9.65. The van der Waals surface area contributed by atoms with Gasteiger partial charge in [-0.1, -0.05) is 29.8 Å². The van der Waals surface area contributed by atoms with Gasteiger partial charge in [-0.3, -0.25) is 14.4 Å². The minimum absolute atomic E-state index is 0.164. The van der Waals surface area contributed by atoms with E-state index >= 15 is 0 Å². The zero-order chi connectivity index (χ0) is 22.2. The Morgan fingerprint density at radius 3 is 2.26 bits per heavy atom. The van der Waals surface area contributed by atoms with Gasteiger partial charge in [-0.25, -0.2) is 0 Å². The zero-order valence-electron chi connectivity index (χ0n) is 17.3. The van der Waals surface area contributed by atoms with Crippen LogP contribution < -0.4 is 20.7 Å². The third-order valence-electron chi connectivity index (χ3n) is 4.48. The van der Waals surface area contributed by atoms with Crippen molar-refractivity contribution in [3.63, 3.8) is 0 Å². The maximum absolute atomic E-state index is 12.5. The number of methoxy groups -OCH3 is 1. The predicted octanol–water partition coefficient (Wildman–Crippen LogP) is 3.62. The third-order valence-corrected chi connectivity index (χ3v) is 4.48. The van der Waals surface area contributed by atoms with Crippen LogP contribution in [0.15, 0.2) is 72.8 Å². The van der Waals surface area contributed by atoms with E-state index < -0.39 is 0 Å². The normalized spacial score (nSPS) is 10.1. The van der Waals surface area contributed by atoms with Crippen LogP contribution in [-0.4, -0.2) is 31.4 Å². The Balaban J connectivity index is 1.53. The first kappa shape index (κ1) is 21.6. The highest BCUT2D eigenvalue weighted by Gasteiger charge is 2.11. The van der Waals surface area contributed by atoms with Crippen LogP contribution in [0.2, 0.25) is 0 Å². The number of hydrogen-bond donors (Lipinski definition) is 3. The molecule has 0 fully saturated rings. The fraction of sp³-hybridized carbons (Fsp3) is 0.125. The van der Waals surface area contributed by atoms with Crippen LogP contribution in [0, 0.1) is 6.92 Å². The lowest BCUT2D eigenvalue weighted by molar-refractivity contribution is -0.115. The molecular weight excluding hydrogens is 394 g/mol. The molecule has 0 aliphatic rings. The molecule has 158 valence electrons. The quantitative estimate of drug-likeness (QED) is 0.547. The average Bonchev–Trinajstić information content (AvgIpc) is 2.78. The van der Waals surface area contributed by atoms with E-state index in [2.05, 4.69) is 16.0 Å². The first-order chi connectivity index (χ1) is 15.0. The predicted molar refractivity (Wildman–Crippen MR) is 120 cm³/mol. The van der Waals surface area contributed by atoms with Gasteiger partial charge in [0.1, 0.15) is 5.75 Å². The number of carbonyl (C=O) groups is 3. The molecule has 0 heterocycles. The third kappa shape index (κ3) is 5.93. The van der Waals surface area contributed by atoms with Crippen LogP contribution in [0.5, 0.6) is 5.75 Å². The minimum Gasteiger partial charge on any atom is -0.495 e. The van der Waals surface area contributed by atoms with Crippen molar-refractivity contribution in [3.05, 3.63) is 89.5 Å². The van der Waals surface area contributed by atoms with E-state index in [9.17, 15) is 14.4 Å². The summed E-state index contributed by atoms with van der Waals surface area (Å²) >= 11 is 0. The van der Waals surface area contributed by atoms with Crippen molar-refractivity contribution in [2.24, 2.45) is 0 Å². The summed E-state index contributed by atoms with van der Waals surface area (Å²) in [6.45, 7) is 1.73. The molecule has 3 aromatic carbocycles. The molecule has 3 rings (SSSR count). The Bertz CT molecular complexity index is 1090. The molecule has 3 N–H and O–H groups in total. The monoisotopic (exact) mass is 417 g/mol. The van der Waals surface area contributed by atoms with Gasteiger partial charge in [0.15, 0.2) is 0 Å². The second-order valence-electron chi connectivity index (χ2n) is 6.83. The van der Waals surface area contributed by atoms with Gasteiger partial charge in [-0.15, -0.1) is 0 Å².